The smallest absolute Gasteiger partial charge is 0.127 e. The normalized spacial score (nSPS) is 12.2. The fourth-order valence-corrected chi connectivity index (χ4v) is 2.35. The number of methoxy groups -OCH3 is 2. The summed E-state index contributed by atoms with van der Waals surface area (Å²) in [5, 5.41) is 0. The van der Waals surface area contributed by atoms with Crippen LogP contribution >= 0.6 is 0 Å². The van der Waals surface area contributed by atoms with Gasteiger partial charge in [0.05, 0.1) is 20.3 Å². The van der Waals surface area contributed by atoms with E-state index in [4.69, 9.17) is 15.3 Å². The van der Waals surface area contributed by atoms with E-state index in [1.54, 1.807) is 20.4 Å². The minimum atomic E-state index is -0.0115. The molecular formula is C15H22N4O2. The van der Waals surface area contributed by atoms with Gasteiger partial charge in [0.2, 0.25) is 0 Å². The fraction of sp³-hybridized carbons (Fsp3) is 0.400. The topological polar surface area (TPSA) is 74.3 Å². The molecule has 1 atom stereocenters. The second-order valence-corrected chi connectivity index (χ2v) is 4.82. The molecule has 0 spiro atoms. The number of hydrazine groups is 1. The molecule has 0 saturated carbocycles. The number of nitrogens with two attached hydrogens (primary N) is 1. The standard InChI is InChI=1S/C15H22N4O2/c1-19-9-8-17-15(19)7-6-13(18-16)12-5-4-11(20-2)10-14(12)21-3/h4-5,8-10,13,18H,6-7,16H2,1-3H3. The third-order valence-electron chi connectivity index (χ3n) is 3.59. The second-order valence-electron chi connectivity index (χ2n) is 4.82. The number of nitrogens with one attached hydrogen (secondary N) is 1. The van der Waals surface area contributed by atoms with Crippen molar-refractivity contribution in [2.75, 3.05) is 14.2 Å². The van der Waals surface area contributed by atoms with E-state index < -0.39 is 0 Å². The SMILES string of the molecule is COc1ccc(C(CCc2nccn2C)NN)c(OC)c1. The van der Waals surface area contributed by atoms with Crippen LogP contribution in [0.4, 0.5) is 0 Å². The molecule has 0 bridgehead atoms. The average Bonchev–Trinajstić information content (AvgIpc) is 2.93. The molecule has 0 aliphatic rings. The largest absolute Gasteiger partial charge is 0.497 e. The summed E-state index contributed by atoms with van der Waals surface area (Å²) < 4.78 is 12.7. The van der Waals surface area contributed by atoms with Gasteiger partial charge < -0.3 is 14.0 Å². The zero-order valence-electron chi connectivity index (χ0n) is 12.7. The third kappa shape index (κ3) is 3.53. The van der Waals surface area contributed by atoms with Crippen LogP contribution in [-0.4, -0.2) is 23.8 Å². The monoisotopic (exact) mass is 290 g/mol. The predicted molar refractivity (Wildman–Crippen MR) is 81.1 cm³/mol. The first kappa shape index (κ1) is 15.3. The van der Waals surface area contributed by atoms with Crippen LogP contribution < -0.4 is 20.7 Å². The third-order valence-corrected chi connectivity index (χ3v) is 3.59. The summed E-state index contributed by atoms with van der Waals surface area (Å²) in [4.78, 5) is 4.33. The van der Waals surface area contributed by atoms with Crippen molar-refractivity contribution in [3.8, 4) is 11.5 Å². The molecule has 6 heteroatoms. The van der Waals surface area contributed by atoms with Gasteiger partial charge in [0.15, 0.2) is 0 Å². The number of benzene rings is 1. The lowest BCUT2D eigenvalue weighted by Gasteiger charge is -2.19. The van der Waals surface area contributed by atoms with Gasteiger partial charge in [0.25, 0.3) is 0 Å². The molecule has 0 fully saturated rings. The van der Waals surface area contributed by atoms with Gasteiger partial charge in [-0.15, -0.1) is 0 Å². The van der Waals surface area contributed by atoms with Gasteiger partial charge in [-0.1, -0.05) is 6.07 Å². The molecule has 1 heterocycles. The van der Waals surface area contributed by atoms with Crippen molar-refractivity contribution in [2.45, 2.75) is 18.9 Å². The van der Waals surface area contributed by atoms with E-state index in [0.717, 1.165) is 35.7 Å². The maximum Gasteiger partial charge on any atom is 0.127 e. The molecule has 0 aliphatic heterocycles. The summed E-state index contributed by atoms with van der Waals surface area (Å²) in [5.41, 5.74) is 3.86. The molecule has 21 heavy (non-hydrogen) atoms. The van der Waals surface area contributed by atoms with Gasteiger partial charge in [0.1, 0.15) is 17.3 Å². The molecule has 1 aromatic carbocycles. The lowest BCUT2D eigenvalue weighted by Crippen LogP contribution is -2.29. The van der Waals surface area contributed by atoms with E-state index in [9.17, 15) is 0 Å². The van der Waals surface area contributed by atoms with E-state index in [-0.39, 0.29) is 6.04 Å². The summed E-state index contributed by atoms with van der Waals surface area (Å²) in [6.45, 7) is 0. The summed E-state index contributed by atoms with van der Waals surface area (Å²) in [7, 11) is 5.26. The van der Waals surface area contributed by atoms with Crippen LogP contribution in [0.15, 0.2) is 30.6 Å². The number of nitrogens with zero attached hydrogens (tertiary/aromatic N) is 2. The molecule has 1 aromatic heterocycles. The predicted octanol–water partition coefficient (Wildman–Crippen LogP) is 1.57. The Morgan fingerprint density at radius 2 is 2.14 bits per heavy atom. The van der Waals surface area contributed by atoms with Crippen LogP contribution in [0.5, 0.6) is 11.5 Å². The highest BCUT2D eigenvalue weighted by molar-refractivity contribution is 5.42. The van der Waals surface area contributed by atoms with Crippen molar-refractivity contribution < 1.29 is 9.47 Å². The molecule has 2 rings (SSSR count). The number of hydrogen-bond donors (Lipinski definition) is 2. The maximum absolute atomic E-state index is 5.71. The van der Waals surface area contributed by atoms with Crippen molar-refractivity contribution in [1.29, 1.82) is 0 Å². The Hall–Kier alpha value is -2.05. The highest BCUT2D eigenvalue weighted by Crippen LogP contribution is 2.31. The average molecular weight is 290 g/mol. The molecule has 0 radical (unpaired) electrons. The van der Waals surface area contributed by atoms with Gasteiger partial charge in [-0.2, -0.15) is 0 Å². The van der Waals surface area contributed by atoms with Crippen LogP contribution in [0.3, 0.4) is 0 Å². The molecule has 1 unspecified atom stereocenters. The van der Waals surface area contributed by atoms with Crippen molar-refractivity contribution in [2.24, 2.45) is 12.9 Å². The van der Waals surface area contributed by atoms with Crippen molar-refractivity contribution in [3.63, 3.8) is 0 Å². The molecule has 6 nitrogen and oxygen atoms in total. The summed E-state index contributed by atoms with van der Waals surface area (Å²) in [5.74, 6) is 8.26. The lowest BCUT2D eigenvalue weighted by molar-refractivity contribution is 0.381. The van der Waals surface area contributed by atoms with Gasteiger partial charge >= 0.3 is 0 Å². The van der Waals surface area contributed by atoms with Crippen molar-refractivity contribution in [3.05, 3.63) is 42.0 Å². The summed E-state index contributed by atoms with van der Waals surface area (Å²) in [6.07, 6.45) is 5.39. The molecule has 0 aliphatic carbocycles. The van der Waals surface area contributed by atoms with Gasteiger partial charge in [-0.25, -0.2) is 4.98 Å². The summed E-state index contributed by atoms with van der Waals surface area (Å²) >= 11 is 0. The summed E-state index contributed by atoms with van der Waals surface area (Å²) in [6, 6.07) is 5.73. The number of aromatic nitrogens is 2. The Morgan fingerprint density at radius 3 is 2.71 bits per heavy atom. The first-order valence-electron chi connectivity index (χ1n) is 6.83. The number of rotatable bonds is 7. The second kappa shape index (κ2) is 7.10. The molecule has 0 amide bonds. The molecular weight excluding hydrogens is 268 g/mol. The molecule has 3 N–H and O–H groups in total. The van der Waals surface area contributed by atoms with Crippen LogP contribution in [0, 0.1) is 0 Å². The zero-order valence-corrected chi connectivity index (χ0v) is 12.7. The Kier molecular flexibility index (Phi) is 5.19. The molecule has 2 aromatic rings. The van der Waals surface area contributed by atoms with E-state index in [2.05, 4.69) is 10.4 Å². The minimum absolute atomic E-state index is 0.0115. The fourth-order valence-electron chi connectivity index (χ4n) is 2.35. The van der Waals surface area contributed by atoms with E-state index in [1.807, 2.05) is 36.0 Å². The zero-order chi connectivity index (χ0) is 15.2. The molecule has 0 saturated heterocycles. The Balaban J connectivity index is 2.15. The number of aryl methyl sites for hydroxylation is 2. The molecule has 114 valence electrons. The van der Waals surface area contributed by atoms with Crippen LogP contribution in [0.1, 0.15) is 23.9 Å². The van der Waals surface area contributed by atoms with Gasteiger partial charge in [-0.05, 0) is 12.5 Å². The van der Waals surface area contributed by atoms with Crippen LogP contribution in [-0.2, 0) is 13.5 Å². The first-order chi connectivity index (χ1) is 10.2. The van der Waals surface area contributed by atoms with Crippen molar-refractivity contribution in [1.82, 2.24) is 15.0 Å². The highest BCUT2D eigenvalue weighted by atomic mass is 16.5. The Morgan fingerprint density at radius 1 is 1.33 bits per heavy atom. The number of ether oxygens (including phenoxy) is 2. The quantitative estimate of drug-likeness (QED) is 0.598. The van der Waals surface area contributed by atoms with E-state index in [0.29, 0.717) is 0 Å². The van der Waals surface area contributed by atoms with E-state index >= 15 is 0 Å². The van der Waals surface area contributed by atoms with Crippen LogP contribution in [0.2, 0.25) is 0 Å². The number of hydrogen-bond acceptors (Lipinski definition) is 5. The van der Waals surface area contributed by atoms with Crippen molar-refractivity contribution >= 4 is 0 Å². The Labute approximate surface area is 124 Å². The number of imidazole rings is 1. The maximum atomic E-state index is 5.71. The highest BCUT2D eigenvalue weighted by Gasteiger charge is 2.16. The Bertz CT molecular complexity index is 583. The van der Waals surface area contributed by atoms with E-state index in [1.165, 1.54) is 0 Å². The minimum Gasteiger partial charge on any atom is -0.497 e. The van der Waals surface area contributed by atoms with Gasteiger partial charge in [0, 0.05) is 37.5 Å². The lowest BCUT2D eigenvalue weighted by atomic mass is 10.0. The first-order valence-corrected chi connectivity index (χ1v) is 6.83. The van der Waals surface area contributed by atoms with Gasteiger partial charge in [-0.3, -0.25) is 11.3 Å². The van der Waals surface area contributed by atoms with Crippen LogP contribution in [0.25, 0.3) is 0 Å².